The lowest BCUT2D eigenvalue weighted by Crippen LogP contribution is -2.45. The lowest BCUT2D eigenvalue weighted by Gasteiger charge is -2.32. The van der Waals surface area contributed by atoms with Crippen LogP contribution in [0.5, 0.6) is 5.75 Å². The standard InChI is InChI=1S/C24H31F3N4O4S/c1-28(2)36(33,34)31-10-8-17(9-11-31)16-35-22-7-6-21(29(3)23(22)32)15-30-13-18-4-5-20(24(25,26)27)12-19(18)14-30/h4-7,12,17H,8-11,13-16H2,1-3H3. The van der Waals surface area contributed by atoms with Crippen LogP contribution < -0.4 is 10.3 Å². The minimum atomic E-state index is -4.37. The van der Waals surface area contributed by atoms with Gasteiger partial charge in [0.2, 0.25) is 0 Å². The van der Waals surface area contributed by atoms with Gasteiger partial charge in [-0.1, -0.05) is 6.07 Å². The number of ether oxygens (including phenoxy) is 1. The van der Waals surface area contributed by atoms with Crippen LogP contribution in [0.25, 0.3) is 0 Å². The summed E-state index contributed by atoms with van der Waals surface area (Å²) in [6.07, 6.45) is -3.07. The SMILES string of the molecule is CN(C)S(=O)(=O)N1CCC(COc2ccc(CN3Cc4ccc(C(F)(F)F)cc4C3)n(C)c2=O)CC1. The van der Waals surface area contributed by atoms with Crippen molar-refractivity contribution in [2.75, 3.05) is 33.8 Å². The van der Waals surface area contributed by atoms with E-state index in [9.17, 15) is 26.4 Å². The van der Waals surface area contributed by atoms with E-state index in [4.69, 9.17) is 4.74 Å². The summed E-state index contributed by atoms with van der Waals surface area (Å²) in [4.78, 5) is 14.9. The molecule has 2 aromatic rings. The molecule has 0 unspecified atom stereocenters. The monoisotopic (exact) mass is 528 g/mol. The second-order valence-electron chi connectivity index (χ2n) is 9.62. The highest BCUT2D eigenvalue weighted by atomic mass is 32.2. The molecule has 36 heavy (non-hydrogen) atoms. The van der Waals surface area contributed by atoms with Crippen LogP contribution >= 0.6 is 0 Å². The number of aromatic nitrogens is 1. The van der Waals surface area contributed by atoms with Gasteiger partial charge in [0, 0.05) is 59.6 Å². The predicted molar refractivity (Wildman–Crippen MR) is 128 cm³/mol. The van der Waals surface area contributed by atoms with Crippen LogP contribution in [-0.4, -0.2) is 60.3 Å². The third-order valence-electron chi connectivity index (χ3n) is 6.92. The summed E-state index contributed by atoms with van der Waals surface area (Å²) in [5, 5.41) is 0. The van der Waals surface area contributed by atoms with Gasteiger partial charge < -0.3 is 9.30 Å². The molecule has 0 atom stereocenters. The molecular formula is C24H31F3N4O4S. The van der Waals surface area contributed by atoms with Crippen molar-refractivity contribution < 1.29 is 26.3 Å². The molecule has 0 aliphatic carbocycles. The first-order chi connectivity index (χ1) is 16.9. The predicted octanol–water partition coefficient (Wildman–Crippen LogP) is 2.82. The first kappa shape index (κ1) is 26.6. The largest absolute Gasteiger partial charge is 0.488 e. The van der Waals surface area contributed by atoms with E-state index in [1.165, 1.54) is 39.4 Å². The zero-order valence-corrected chi connectivity index (χ0v) is 21.4. The van der Waals surface area contributed by atoms with Gasteiger partial charge in [-0.25, -0.2) is 0 Å². The van der Waals surface area contributed by atoms with E-state index in [-0.39, 0.29) is 17.2 Å². The summed E-state index contributed by atoms with van der Waals surface area (Å²) in [5.41, 5.74) is 1.31. The number of hydrogen-bond acceptors (Lipinski definition) is 5. The number of halogens is 3. The van der Waals surface area contributed by atoms with Gasteiger partial charge in [-0.3, -0.25) is 9.69 Å². The number of pyridine rings is 1. The summed E-state index contributed by atoms with van der Waals surface area (Å²) in [6, 6.07) is 7.26. The lowest BCUT2D eigenvalue weighted by molar-refractivity contribution is -0.137. The Morgan fingerprint density at radius 3 is 2.36 bits per heavy atom. The molecule has 0 spiro atoms. The molecule has 1 fully saturated rings. The fourth-order valence-electron chi connectivity index (χ4n) is 4.65. The third kappa shape index (κ3) is 5.61. The highest BCUT2D eigenvalue weighted by Gasteiger charge is 2.33. The summed E-state index contributed by atoms with van der Waals surface area (Å²) >= 11 is 0. The van der Waals surface area contributed by atoms with Gasteiger partial charge >= 0.3 is 6.18 Å². The molecule has 1 aromatic carbocycles. The molecule has 12 heteroatoms. The van der Waals surface area contributed by atoms with Crippen LogP contribution in [0.1, 0.15) is 35.2 Å². The molecule has 0 N–H and O–H groups in total. The Kier molecular flexibility index (Phi) is 7.52. The van der Waals surface area contributed by atoms with E-state index in [0.29, 0.717) is 57.7 Å². The number of hydrogen-bond donors (Lipinski definition) is 0. The van der Waals surface area contributed by atoms with Crippen molar-refractivity contribution in [2.24, 2.45) is 13.0 Å². The molecule has 0 saturated carbocycles. The van der Waals surface area contributed by atoms with E-state index in [1.54, 1.807) is 19.2 Å². The Morgan fingerprint density at radius 2 is 1.72 bits per heavy atom. The van der Waals surface area contributed by atoms with Crippen molar-refractivity contribution in [1.82, 2.24) is 18.1 Å². The first-order valence-corrected chi connectivity index (χ1v) is 13.2. The molecule has 4 rings (SSSR count). The third-order valence-corrected chi connectivity index (χ3v) is 8.86. The summed E-state index contributed by atoms with van der Waals surface area (Å²) < 4.78 is 73.5. The quantitative estimate of drug-likeness (QED) is 0.553. The molecule has 8 nitrogen and oxygen atoms in total. The van der Waals surface area contributed by atoms with Crippen molar-refractivity contribution >= 4 is 10.2 Å². The normalized spacial score (nSPS) is 18.1. The van der Waals surface area contributed by atoms with Crippen LogP contribution in [0.15, 0.2) is 35.1 Å². The minimum Gasteiger partial charge on any atom is -0.488 e. The summed E-state index contributed by atoms with van der Waals surface area (Å²) in [6.45, 7) is 2.46. The van der Waals surface area contributed by atoms with Crippen molar-refractivity contribution in [1.29, 1.82) is 0 Å². The second kappa shape index (κ2) is 10.2. The molecule has 2 aliphatic rings. The van der Waals surface area contributed by atoms with Crippen molar-refractivity contribution in [3.8, 4) is 5.75 Å². The Balaban J connectivity index is 1.34. The Bertz CT molecular complexity index is 1270. The van der Waals surface area contributed by atoms with E-state index in [1.807, 2.05) is 4.90 Å². The zero-order chi connectivity index (χ0) is 26.3. The number of fused-ring (bicyclic) bond motifs is 1. The maximum absolute atomic E-state index is 13.0. The molecule has 2 aliphatic heterocycles. The average Bonchev–Trinajstić information content (AvgIpc) is 3.23. The van der Waals surface area contributed by atoms with Crippen LogP contribution in [0.2, 0.25) is 0 Å². The minimum absolute atomic E-state index is 0.146. The summed E-state index contributed by atoms with van der Waals surface area (Å²) in [7, 11) is 1.25. The van der Waals surface area contributed by atoms with Gasteiger partial charge in [0.25, 0.3) is 15.8 Å². The fourth-order valence-corrected chi connectivity index (χ4v) is 5.78. The molecule has 0 amide bonds. The van der Waals surface area contributed by atoms with Crippen LogP contribution in [0, 0.1) is 5.92 Å². The zero-order valence-electron chi connectivity index (χ0n) is 20.6. The van der Waals surface area contributed by atoms with E-state index in [2.05, 4.69) is 0 Å². The van der Waals surface area contributed by atoms with E-state index in [0.717, 1.165) is 17.3 Å². The van der Waals surface area contributed by atoms with Gasteiger partial charge in [-0.15, -0.1) is 0 Å². The number of piperidine rings is 1. The molecule has 3 heterocycles. The highest BCUT2D eigenvalue weighted by Crippen LogP contribution is 2.33. The number of rotatable bonds is 7. The Morgan fingerprint density at radius 1 is 1.06 bits per heavy atom. The maximum Gasteiger partial charge on any atom is 0.416 e. The molecule has 1 saturated heterocycles. The van der Waals surface area contributed by atoms with Gasteiger partial charge in [0.05, 0.1) is 12.2 Å². The second-order valence-corrected chi connectivity index (χ2v) is 11.8. The van der Waals surface area contributed by atoms with E-state index < -0.39 is 21.9 Å². The molecule has 1 aromatic heterocycles. The summed E-state index contributed by atoms with van der Waals surface area (Å²) in [5.74, 6) is 0.372. The number of alkyl halides is 3. The van der Waals surface area contributed by atoms with Crippen molar-refractivity contribution in [3.05, 3.63) is 63.1 Å². The molecule has 0 radical (unpaired) electrons. The molecular weight excluding hydrogens is 497 g/mol. The smallest absolute Gasteiger partial charge is 0.416 e. The lowest BCUT2D eigenvalue weighted by atomic mass is 9.99. The van der Waals surface area contributed by atoms with Crippen molar-refractivity contribution in [2.45, 2.75) is 38.7 Å². The molecule has 0 bridgehead atoms. The Hall–Kier alpha value is -2.41. The number of nitrogens with zero attached hydrogens (tertiary/aromatic N) is 4. The van der Waals surface area contributed by atoms with Gasteiger partial charge in [0.1, 0.15) is 0 Å². The Labute approximate surface area is 209 Å². The van der Waals surface area contributed by atoms with Crippen molar-refractivity contribution in [3.63, 3.8) is 0 Å². The fraction of sp³-hybridized carbons (Fsp3) is 0.542. The first-order valence-electron chi connectivity index (χ1n) is 11.8. The van der Waals surface area contributed by atoms with Gasteiger partial charge in [0.15, 0.2) is 5.75 Å². The van der Waals surface area contributed by atoms with Gasteiger partial charge in [-0.05, 0) is 54.2 Å². The van der Waals surface area contributed by atoms with E-state index >= 15 is 0 Å². The molecule has 198 valence electrons. The topological polar surface area (TPSA) is 75.1 Å². The number of benzene rings is 1. The van der Waals surface area contributed by atoms with Crippen LogP contribution in [0.4, 0.5) is 13.2 Å². The average molecular weight is 529 g/mol. The highest BCUT2D eigenvalue weighted by molar-refractivity contribution is 7.86. The maximum atomic E-state index is 13.0. The van der Waals surface area contributed by atoms with Gasteiger partial charge in [-0.2, -0.15) is 30.2 Å². The van der Waals surface area contributed by atoms with Crippen LogP contribution in [0.3, 0.4) is 0 Å². The van der Waals surface area contributed by atoms with Crippen LogP contribution in [-0.2, 0) is 43.1 Å².